The summed E-state index contributed by atoms with van der Waals surface area (Å²) in [5.41, 5.74) is 0.546. The number of likely N-dealkylation sites (N-methyl/N-ethyl adjacent to an activating group) is 1. The summed E-state index contributed by atoms with van der Waals surface area (Å²) in [5.74, 6) is 1.08. The smallest absolute Gasteiger partial charge is 0.0229 e. The van der Waals surface area contributed by atoms with E-state index >= 15 is 0 Å². The van der Waals surface area contributed by atoms with Gasteiger partial charge in [0.2, 0.25) is 0 Å². The molecule has 0 aromatic heterocycles. The third-order valence-corrected chi connectivity index (χ3v) is 5.21. The molecule has 2 aliphatic rings. The Balaban J connectivity index is 1.86. The molecule has 0 N–H and O–H groups in total. The van der Waals surface area contributed by atoms with Crippen LogP contribution in [0.2, 0.25) is 0 Å². The minimum atomic E-state index is 0.546. The maximum absolute atomic E-state index is 4.60. The zero-order valence-corrected chi connectivity index (χ0v) is 11.7. The van der Waals surface area contributed by atoms with Crippen LogP contribution in [0.3, 0.4) is 0 Å². The summed E-state index contributed by atoms with van der Waals surface area (Å²) in [7, 11) is 4.41. The molecule has 16 heavy (non-hydrogen) atoms. The molecule has 2 rings (SSSR count). The molecule has 0 spiro atoms. The molecule has 1 saturated carbocycles. The summed E-state index contributed by atoms with van der Waals surface area (Å²) in [4.78, 5) is 5.05. The van der Waals surface area contributed by atoms with E-state index in [-0.39, 0.29) is 0 Å². The van der Waals surface area contributed by atoms with Crippen LogP contribution in [-0.4, -0.2) is 55.3 Å². The van der Waals surface area contributed by atoms with Gasteiger partial charge in [0.1, 0.15) is 0 Å². The lowest BCUT2D eigenvalue weighted by atomic mass is 9.88. The van der Waals surface area contributed by atoms with Crippen molar-refractivity contribution >= 4 is 12.6 Å². The van der Waals surface area contributed by atoms with Gasteiger partial charge in [0.05, 0.1) is 0 Å². The van der Waals surface area contributed by atoms with Gasteiger partial charge in [-0.1, -0.05) is 12.8 Å². The summed E-state index contributed by atoms with van der Waals surface area (Å²) in [6.07, 6.45) is 6.99. The van der Waals surface area contributed by atoms with E-state index < -0.39 is 0 Å². The van der Waals surface area contributed by atoms with Crippen LogP contribution in [0.15, 0.2) is 0 Å². The SMILES string of the molecule is CN(C)C1CCN(CC2(CS)CCCC2)C1. The Hall–Kier alpha value is 0.270. The highest BCUT2D eigenvalue weighted by atomic mass is 32.1. The van der Waals surface area contributed by atoms with E-state index in [1.165, 1.54) is 51.7 Å². The monoisotopic (exact) mass is 242 g/mol. The minimum absolute atomic E-state index is 0.546. The van der Waals surface area contributed by atoms with E-state index in [9.17, 15) is 0 Å². The maximum Gasteiger partial charge on any atom is 0.0229 e. The van der Waals surface area contributed by atoms with E-state index in [0.717, 1.165) is 11.8 Å². The average molecular weight is 242 g/mol. The highest BCUT2D eigenvalue weighted by molar-refractivity contribution is 7.80. The van der Waals surface area contributed by atoms with Crippen molar-refractivity contribution in [3.05, 3.63) is 0 Å². The molecule has 1 aliphatic heterocycles. The lowest BCUT2D eigenvalue weighted by molar-refractivity contribution is 0.187. The fourth-order valence-corrected chi connectivity index (χ4v) is 3.76. The highest BCUT2D eigenvalue weighted by Crippen LogP contribution is 2.40. The molecule has 2 nitrogen and oxygen atoms in total. The van der Waals surface area contributed by atoms with Crippen molar-refractivity contribution < 1.29 is 0 Å². The van der Waals surface area contributed by atoms with Gasteiger partial charge in [0.15, 0.2) is 0 Å². The van der Waals surface area contributed by atoms with E-state index in [1.807, 2.05) is 0 Å². The molecule has 1 atom stereocenters. The Bertz CT molecular complexity index is 224. The van der Waals surface area contributed by atoms with E-state index in [1.54, 1.807) is 0 Å². The van der Waals surface area contributed by atoms with E-state index in [4.69, 9.17) is 0 Å². The minimum Gasteiger partial charge on any atom is -0.305 e. The first kappa shape index (κ1) is 12.7. The first-order valence-electron chi connectivity index (χ1n) is 6.65. The van der Waals surface area contributed by atoms with Crippen LogP contribution in [0.1, 0.15) is 32.1 Å². The summed E-state index contributed by atoms with van der Waals surface area (Å²) >= 11 is 4.60. The second-order valence-corrected chi connectivity index (χ2v) is 6.32. The van der Waals surface area contributed by atoms with Crippen molar-refractivity contribution in [1.82, 2.24) is 9.80 Å². The number of likely N-dealkylation sites (tertiary alicyclic amines) is 1. The molecule has 1 aliphatic carbocycles. The molecule has 2 fully saturated rings. The number of nitrogens with zero attached hydrogens (tertiary/aromatic N) is 2. The van der Waals surface area contributed by atoms with Gasteiger partial charge < -0.3 is 9.80 Å². The molecule has 0 aromatic carbocycles. The summed E-state index contributed by atoms with van der Waals surface area (Å²) < 4.78 is 0. The second-order valence-electron chi connectivity index (χ2n) is 6.01. The fraction of sp³-hybridized carbons (Fsp3) is 1.00. The van der Waals surface area contributed by atoms with Gasteiger partial charge in [-0.3, -0.25) is 0 Å². The Morgan fingerprint density at radius 3 is 2.50 bits per heavy atom. The van der Waals surface area contributed by atoms with E-state index in [0.29, 0.717) is 5.41 Å². The Morgan fingerprint density at radius 1 is 1.31 bits per heavy atom. The van der Waals surface area contributed by atoms with Crippen LogP contribution in [0.4, 0.5) is 0 Å². The third kappa shape index (κ3) is 2.74. The van der Waals surface area contributed by atoms with Crippen molar-refractivity contribution in [2.24, 2.45) is 5.41 Å². The van der Waals surface area contributed by atoms with Gasteiger partial charge >= 0.3 is 0 Å². The van der Waals surface area contributed by atoms with Crippen LogP contribution in [0, 0.1) is 5.41 Å². The molecule has 1 heterocycles. The topological polar surface area (TPSA) is 6.48 Å². The van der Waals surface area contributed by atoms with Gasteiger partial charge in [-0.25, -0.2) is 0 Å². The maximum atomic E-state index is 4.60. The first-order chi connectivity index (χ1) is 7.65. The normalized spacial score (nSPS) is 30.4. The fourth-order valence-electron chi connectivity index (χ4n) is 3.34. The number of rotatable bonds is 4. The van der Waals surface area contributed by atoms with Gasteiger partial charge in [-0.2, -0.15) is 12.6 Å². The van der Waals surface area contributed by atoms with Gasteiger partial charge in [0, 0.05) is 19.1 Å². The van der Waals surface area contributed by atoms with Gasteiger partial charge in [0.25, 0.3) is 0 Å². The molecule has 94 valence electrons. The molecule has 0 aromatic rings. The van der Waals surface area contributed by atoms with Crippen molar-refractivity contribution in [1.29, 1.82) is 0 Å². The molecule has 0 radical (unpaired) electrons. The quantitative estimate of drug-likeness (QED) is 0.754. The van der Waals surface area contributed by atoms with Crippen LogP contribution in [0.5, 0.6) is 0 Å². The largest absolute Gasteiger partial charge is 0.305 e. The molecule has 1 saturated heterocycles. The molecule has 0 bridgehead atoms. The Kier molecular flexibility index (Phi) is 4.20. The highest BCUT2D eigenvalue weighted by Gasteiger charge is 2.36. The number of thiol groups is 1. The predicted molar refractivity (Wildman–Crippen MR) is 73.3 cm³/mol. The van der Waals surface area contributed by atoms with Crippen LogP contribution >= 0.6 is 12.6 Å². The molecule has 1 unspecified atom stereocenters. The average Bonchev–Trinajstić information content (AvgIpc) is 2.88. The first-order valence-corrected chi connectivity index (χ1v) is 7.28. The molecular weight excluding hydrogens is 216 g/mol. The lowest BCUT2D eigenvalue weighted by Gasteiger charge is -2.32. The van der Waals surface area contributed by atoms with Crippen LogP contribution < -0.4 is 0 Å². The lowest BCUT2D eigenvalue weighted by Crippen LogP contribution is -2.38. The zero-order chi connectivity index (χ0) is 11.6. The van der Waals surface area contributed by atoms with Gasteiger partial charge in [-0.05, 0) is 51.1 Å². The Labute approximate surface area is 106 Å². The Morgan fingerprint density at radius 2 is 2.00 bits per heavy atom. The van der Waals surface area contributed by atoms with Crippen molar-refractivity contribution in [2.75, 3.05) is 39.5 Å². The number of hydrogen-bond donors (Lipinski definition) is 1. The second kappa shape index (κ2) is 5.28. The number of hydrogen-bond acceptors (Lipinski definition) is 3. The predicted octanol–water partition coefficient (Wildman–Crippen LogP) is 2.11. The van der Waals surface area contributed by atoms with Crippen LogP contribution in [-0.2, 0) is 0 Å². The molecule has 3 heteroatoms. The summed E-state index contributed by atoms with van der Waals surface area (Å²) in [5, 5.41) is 0. The van der Waals surface area contributed by atoms with Gasteiger partial charge in [-0.15, -0.1) is 0 Å². The molecular formula is C13H26N2S. The third-order valence-electron chi connectivity index (χ3n) is 4.54. The molecule has 0 amide bonds. The van der Waals surface area contributed by atoms with E-state index in [2.05, 4.69) is 36.5 Å². The van der Waals surface area contributed by atoms with Crippen molar-refractivity contribution in [3.63, 3.8) is 0 Å². The summed E-state index contributed by atoms with van der Waals surface area (Å²) in [6.45, 7) is 3.85. The van der Waals surface area contributed by atoms with Crippen LogP contribution in [0.25, 0.3) is 0 Å². The van der Waals surface area contributed by atoms with Crippen molar-refractivity contribution in [2.45, 2.75) is 38.1 Å². The standard InChI is InChI=1S/C13H26N2S/c1-14(2)12-5-8-15(9-12)10-13(11-16)6-3-4-7-13/h12,16H,3-11H2,1-2H3. The zero-order valence-electron chi connectivity index (χ0n) is 10.8. The summed E-state index contributed by atoms with van der Waals surface area (Å²) in [6, 6.07) is 0.776. The van der Waals surface area contributed by atoms with Crippen molar-refractivity contribution in [3.8, 4) is 0 Å².